The molecule has 0 unspecified atom stereocenters. The second kappa shape index (κ2) is 9.59. The topological polar surface area (TPSA) is 82.9 Å². The zero-order valence-corrected chi connectivity index (χ0v) is 14.9. The first-order valence-corrected chi connectivity index (χ1v) is 8.59. The Bertz CT molecular complexity index is 921. The van der Waals surface area contributed by atoms with E-state index in [1.807, 2.05) is 60.7 Å². The van der Waals surface area contributed by atoms with Crippen LogP contribution >= 0.6 is 0 Å². The highest BCUT2D eigenvalue weighted by atomic mass is 16.2. The van der Waals surface area contributed by atoms with Gasteiger partial charge in [0.1, 0.15) is 0 Å². The van der Waals surface area contributed by atoms with Crippen LogP contribution < -0.4 is 10.9 Å². The lowest BCUT2D eigenvalue weighted by molar-refractivity contribution is 0.0954. The van der Waals surface area contributed by atoms with Crippen molar-refractivity contribution in [3.8, 4) is 0 Å². The Hall–Kier alpha value is -4.06. The summed E-state index contributed by atoms with van der Waals surface area (Å²) in [6.45, 7) is 0. The molecule has 0 saturated heterocycles. The lowest BCUT2D eigenvalue weighted by Crippen LogP contribution is -2.20. The number of rotatable bonds is 6. The van der Waals surface area contributed by atoms with Crippen molar-refractivity contribution in [2.24, 2.45) is 10.2 Å². The van der Waals surface area contributed by atoms with Crippen LogP contribution in [0.1, 0.15) is 31.8 Å². The summed E-state index contributed by atoms with van der Waals surface area (Å²) < 4.78 is 0. The van der Waals surface area contributed by atoms with E-state index in [9.17, 15) is 9.59 Å². The van der Waals surface area contributed by atoms with Gasteiger partial charge in [0, 0.05) is 11.1 Å². The van der Waals surface area contributed by atoms with Crippen LogP contribution in [0.15, 0.2) is 95.1 Å². The molecule has 0 atom stereocenters. The molecule has 3 rings (SSSR count). The Labute approximate surface area is 162 Å². The average molecular weight is 370 g/mol. The lowest BCUT2D eigenvalue weighted by atomic mass is 10.1. The first-order valence-electron chi connectivity index (χ1n) is 8.59. The van der Waals surface area contributed by atoms with Gasteiger partial charge in [-0.05, 0) is 29.3 Å². The van der Waals surface area contributed by atoms with Gasteiger partial charge in [-0.1, -0.05) is 66.7 Å². The highest BCUT2D eigenvalue weighted by Crippen LogP contribution is 2.06. The molecule has 28 heavy (non-hydrogen) atoms. The van der Waals surface area contributed by atoms with Gasteiger partial charge in [0.25, 0.3) is 11.8 Å². The van der Waals surface area contributed by atoms with Gasteiger partial charge in [0.2, 0.25) is 0 Å². The Morgan fingerprint density at radius 3 is 1.46 bits per heavy atom. The van der Waals surface area contributed by atoms with Crippen molar-refractivity contribution in [3.63, 3.8) is 0 Å². The predicted molar refractivity (Wildman–Crippen MR) is 109 cm³/mol. The highest BCUT2D eigenvalue weighted by molar-refractivity contribution is 6.00. The van der Waals surface area contributed by atoms with Crippen molar-refractivity contribution >= 4 is 24.2 Å². The maximum atomic E-state index is 12.2. The SMILES string of the molecule is O=C(N/N=C/c1ccccc1)c1cccc(C(=O)N/N=C/c2ccccc2)c1. The minimum absolute atomic E-state index is 0.324. The maximum Gasteiger partial charge on any atom is 0.271 e. The third-order valence-electron chi connectivity index (χ3n) is 3.75. The van der Waals surface area contributed by atoms with E-state index in [1.54, 1.807) is 30.6 Å². The van der Waals surface area contributed by atoms with Crippen molar-refractivity contribution in [1.29, 1.82) is 0 Å². The third-order valence-corrected chi connectivity index (χ3v) is 3.75. The van der Waals surface area contributed by atoms with E-state index in [1.165, 1.54) is 6.07 Å². The average Bonchev–Trinajstić information content (AvgIpc) is 2.75. The van der Waals surface area contributed by atoms with Gasteiger partial charge in [-0.2, -0.15) is 10.2 Å². The number of hydrogen-bond acceptors (Lipinski definition) is 4. The van der Waals surface area contributed by atoms with Gasteiger partial charge in [0.05, 0.1) is 12.4 Å². The van der Waals surface area contributed by atoms with Gasteiger partial charge in [-0.15, -0.1) is 0 Å². The molecule has 0 saturated carbocycles. The molecule has 3 aromatic rings. The van der Waals surface area contributed by atoms with Crippen LogP contribution in [-0.4, -0.2) is 24.2 Å². The highest BCUT2D eigenvalue weighted by Gasteiger charge is 2.09. The number of carbonyl (C=O) groups excluding carboxylic acids is 2. The van der Waals surface area contributed by atoms with Crippen molar-refractivity contribution in [1.82, 2.24) is 10.9 Å². The Morgan fingerprint density at radius 2 is 1.04 bits per heavy atom. The van der Waals surface area contributed by atoms with E-state index in [-0.39, 0.29) is 0 Å². The number of amides is 2. The summed E-state index contributed by atoms with van der Waals surface area (Å²) >= 11 is 0. The Morgan fingerprint density at radius 1 is 0.607 bits per heavy atom. The number of hydrazone groups is 2. The van der Waals surface area contributed by atoms with Crippen molar-refractivity contribution in [2.45, 2.75) is 0 Å². The van der Waals surface area contributed by atoms with E-state index in [0.29, 0.717) is 11.1 Å². The summed E-state index contributed by atoms with van der Waals surface area (Å²) in [5, 5.41) is 7.85. The van der Waals surface area contributed by atoms with E-state index in [2.05, 4.69) is 21.1 Å². The number of nitrogens with one attached hydrogen (secondary N) is 2. The molecule has 138 valence electrons. The van der Waals surface area contributed by atoms with E-state index in [4.69, 9.17) is 0 Å². The molecular weight excluding hydrogens is 352 g/mol. The smallest absolute Gasteiger partial charge is 0.267 e. The first-order chi connectivity index (χ1) is 13.7. The normalized spacial score (nSPS) is 10.9. The molecule has 0 radical (unpaired) electrons. The molecule has 0 aliphatic carbocycles. The standard InChI is InChI=1S/C22H18N4O2/c27-21(25-23-15-17-8-3-1-4-9-17)19-12-7-13-20(14-19)22(28)26-24-16-18-10-5-2-6-11-18/h1-16H,(H,25,27)(H,26,28)/b23-15+,24-16+. The van der Waals surface area contributed by atoms with Crippen molar-refractivity contribution in [2.75, 3.05) is 0 Å². The van der Waals surface area contributed by atoms with Gasteiger partial charge < -0.3 is 0 Å². The van der Waals surface area contributed by atoms with Gasteiger partial charge in [-0.3, -0.25) is 9.59 Å². The summed E-state index contributed by atoms with van der Waals surface area (Å²) in [6.07, 6.45) is 3.10. The summed E-state index contributed by atoms with van der Waals surface area (Å²) in [5.74, 6) is -0.816. The molecule has 2 amide bonds. The summed E-state index contributed by atoms with van der Waals surface area (Å²) in [7, 11) is 0. The number of benzene rings is 3. The summed E-state index contributed by atoms with van der Waals surface area (Å²) in [5.41, 5.74) is 7.28. The molecule has 0 aliphatic rings. The molecule has 6 heteroatoms. The second-order valence-electron chi connectivity index (χ2n) is 5.80. The third kappa shape index (κ3) is 5.47. The molecule has 0 aromatic heterocycles. The van der Waals surface area contributed by atoms with E-state index < -0.39 is 11.8 Å². The van der Waals surface area contributed by atoms with Gasteiger partial charge in [-0.25, -0.2) is 10.9 Å². The lowest BCUT2D eigenvalue weighted by Gasteiger charge is -2.03. The van der Waals surface area contributed by atoms with E-state index >= 15 is 0 Å². The number of nitrogens with zero attached hydrogens (tertiary/aromatic N) is 2. The zero-order chi connectivity index (χ0) is 19.6. The fraction of sp³-hybridized carbons (Fsp3) is 0. The van der Waals surface area contributed by atoms with Crippen LogP contribution in [0.4, 0.5) is 0 Å². The van der Waals surface area contributed by atoms with Crippen LogP contribution in [0.5, 0.6) is 0 Å². The first kappa shape index (κ1) is 18.7. The second-order valence-corrected chi connectivity index (χ2v) is 5.80. The van der Waals surface area contributed by atoms with Crippen molar-refractivity contribution < 1.29 is 9.59 Å². The zero-order valence-electron chi connectivity index (χ0n) is 14.9. The minimum atomic E-state index is -0.408. The monoisotopic (exact) mass is 370 g/mol. The summed E-state index contributed by atoms with van der Waals surface area (Å²) in [6, 6.07) is 25.1. The number of carbonyl (C=O) groups is 2. The van der Waals surface area contributed by atoms with Gasteiger partial charge >= 0.3 is 0 Å². The number of hydrogen-bond donors (Lipinski definition) is 2. The molecule has 6 nitrogen and oxygen atoms in total. The quantitative estimate of drug-likeness (QED) is 0.516. The van der Waals surface area contributed by atoms with Crippen LogP contribution in [0.25, 0.3) is 0 Å². The predicted octanol–water partition coefficient (Wildman–Crippen LogP) is 3.21. The van der Waals surface area contributed by atoms with Crippen LogP contribution in [0.2, 0.25) is 0 Å². The van der Waals surface area contributed by atoms with Crippen molar-refractivity contribution in [3.05, 3.63) is 107 Å². The van der Waals surface area contributed by atoms with Crippen LogP contribution in [0, 0.1) is 0 Å². The molecule has 0 fully saturated rings. The molecule has 3 aromatic carbocycles. The van der Waals surface area contributed by atoms with Crippen LogP contribution in [0.3, 0.4) is 0 Å². The van der Waals surface area contributed by atoms with Gasteiger partial charge in [0.15, 0.2) is 0 Å². The largest absolute Gasteiger partial charge is 0.271 e. The molecule has 0 bridgehead atoms. The summed E-state index contributed by atoms with van der Waals surface area (Å²) in [4.78, 5) is 24.4. The maximum absolute atomic E-state index is 12.2. The fourth-order valence-electron chi connectivity index (χ4n) is 2.34. The van der Waals surface area contributed by atoms with Crippen LogP contribution in [-0.2, 0) is 0 Å². The molecule has 0 heterocycles. The Kier molecular flexibility index (Phi) is 6.41. The fourth-order valence-corrected chi connectivity index (χ4v) is 2.34. The molecular formula is C22H18N4O2. The molecule has 0 spiro atoms. The molecule has 0 aliphatic heterocycles. The van der Waals surface area contributed by atoms with E-state index in [0.717, 1.165) is 11.1 Å². The minimum Gasteiger partial charge on any atom is -0.267 e. The Balaban J connectivity index is 1.59. The molecule has 2 N–H and O–H groups in total.